The molecule has 1 aliphatic heterocycles. The molecule has 2 aliphatic rings. The number of aromatic nitrogens is 3. The number of amides is 1. The molecule has 180 valence electrons. The fourth-order valence-corrected chi connectivity index (χ4v) is 4.20. The van der Waals surface area contributed by atoms with Crippen LogP contribution in [0.4, 0.5) is 17.1 Å². The summed E-state index contributed by atoms with van der Waals surface area (Å²) in [5, 5.41) is 7.16. The van der Waals surface area contributed by atoms with Gasteiger partial charge < -0.3 is 15.2 Å². The molecule has 0 atom stereocenters. The Balaban J connectivity index is 1.74. The van der Waals surface area contributed by atoms with Gasteiger partial charge in [-0.3, -0.25) is 14.8 Å². The number of aryl methyl sites for hydroxylation is 1. The van der Waals surface area contributed by atoms with Gasteiger partial charge in [0.15, 0.2) is 0 Å². The van der Waals surface area contributed by atoms with Crippen molar-refractivity contribution in [3.8, 4) is 17.1 Å². The zero-order valence-corrected chi connectivity index (χ0v) is 20.8. The van der Waals surface area contributed by atoms with Gasteiger partial charge in [0.05, 0.1) is 45.4 Å². The van der Waals surface area contributed by atoms with E-state index in [1.807, 2.05) is 73.8 Å². The Bertz CT molecular complexity index is 1580. The van der Waals surface area contributed by atoms with E-state index in [2.05, 4.69) is 46.2 Å². The standard InChI is InChI=1S/C29H28N6O/c1-18(2)31-26-16-29-27(15-25(26)33-22-10-9-19(3)30-17-22)34-24-7-5-6-8-28(24)35(29)23-13-11-21(12-14-23)32-20(4)36/h5-18,33H,1-4H3,(H,32,36). The van der Waals surface area contributed by atoms with Crippen molar-refractivity contribution in [3.63, 3.8) is 0 Å². The number of hydrogen-bond donors (Lipinski definition) is 2. The molecule has 0 saturated carbocycles. The van der Waals surface area contributed by atoms with Crippen molar-refractivity contribution < 1.29 is 4.79 Å². The van der Waals surface area contributed by atoms with Crippen LogP contribution in [-0.4, -0.2) is 26.5 Å². The van der Waals surface area contributed by atoms with Crippen molar-refractivity contribution in [3.05, 3.63) is 90.0 Å². The second kappa shape index (κ2) is 9.62. The van der Waals surface area contributed by atoms with E-state index >= 15 is 0 Å². The number of hydrogen-bond acceptors (Lipinski definition) is 5. The number of pyridine rings is 1. The lowest BCUT2D eigenvalue weighted by molar-refractivity contribution is -0.114. The van der Waals surface area contributed by atoms with E-state index in [0.717, 1.165) is 56.2 Å². The summed E-state index contributed by atoms with van der Waals surface area (Å²) in [7, 11) is 0. The summed E-state index contributed by atoms with van der Waals surface area (Å²) in [4.78, 5) is 25.8. The zero-order valence-electron chi connectivity index (χ0n) is 20.8. The van der Waals surface area contributed by atoms with Crippen LogP contribution >= 0.6 is 0 Å². The van der Waals surface area contributed by atoms with Crippen LogP contribution in [-0.2, 0) is 4.79 Å². The van der Waals surface area contributed by atoms with Crippen LogP contribution in [0.15, 0.2) is 84.0 Å². The highest BCUT2D eigenvalue weighted by molar-refractivity contribution is 5.89. The van der Waals surface area contributed by atoms with Crippen molar-refractivity contribution in [1.82, 2.24) is 14.5 Å². The van der Waals surface area contributed by atoms with Crippen LogP contribution in [0, 0.1) is 6.92 Å². The zero-order chi connectivity index (χ0) is 25.2. The largest absolute Gasteiger partial charge is 0.352 e. The second-order valence-corrected chi connectivity index (χ2v) is 9.06. The maximum Gasteiger partial charge on any atom is 0.221 e. The predicted octanol–water partition coefficient (Wildman–Crippen LogP) is 5.84. The first-order valence-electron chi connectivity index (χ1n) is 11.9. The third-order valence-corrected chi connectivity index (χ3v) is 5.73. The molecule has 0 fully saturated rings. The highest BCUT2D eigenvalue weighted by Gasteiger charge is 2.17. The third-order valence-electron chi connectivity index (χ3n) is 5.73. The van der Waals surface area contributed by atoms with Gasteiger partial charge >= 0.3 is 0 Å². The summed E-state index contributed by atoms with van der Waals surface area (Å²) >= 11 is 0. The van der Waals surface area contributed by atoms with E-state index in [4.69, 9.17) is 9.98 Å². The Morgan fingerprint density at radius 3 is 2.42 bits per heavy atom. The molecule has 0 saturated heterocycles. The maximum absolute atomic E-state index is 11.5. The number of para-hydroxylation sites is 2. The molecule has 5 rings (SSSR count). The molecular formula is C29H28N6O. The minimum atomic E-state index is -0.0982. The molecule has 2 heterocycles. The molecule has 2 aromatic carbocycles. The lowest BCUT2D eigenvalue weighted by atomic mass is 10.1. The van der Waals surface area contributed by atoms with Crippen LogP contribution in [0.1, 0.15) is 26.5 Å². The van der Waals surface area contributed by atoms with Crippen LogP contribution < -0.4 is 16.0 Å². The van der Waals surface area contributed by atoms with Gasteiger partial charge in [-0.2, -0.15) is 0 Å². The highest BCUT2D eigenvalue weighted by Crippen LogP contribution is 2.30. The Morgan fingerprint density at radius 1 is 0.972 bits per heavy atom. The molecule has 3 aromatic rings. The molecule has 7 nitrogen and oxygen atoms in total. The average Bonchev–Trinajstić information content (AvgIpc) is 2.84. The minimum absolute atomic E-state index is 0.0982. The van der Waals surface area contributed by atoms with E-state index < -0.39 is 0 Å². The fraction of sp³-hybridized carbons (Fsp3) is 0.172. The smallest absolute Gasteiger partial charge is 0.221 e. The lowest BCUT2D eigenvalue weighted by Crippen LogP contribution is -2.16. The summed E-state index contributed by atoms with van der Waals surface area (Å²) in [6, 6.07) is 24.1. The Kier molecular flexibility index (Phi) is 6.21. The molecule has 2 N–H and O–H groups in total. The van der Waals surface area contributed by atoms with Crippen LogP contribution in [0.25, 0.3) is 28.1 Å². The third kappa shape index (κ3) is 4.81. The monoisotopic (exact) mass is 476 g/mol. The lowest BCUT2D eigenvalue weighted by Gasteiger charge is -2.20. The van der Waals surface area contributed by atoms with Gasteiger partial charge in [0.25, 0.3) is 0 Å². The first-order chi connectivity index (χ1) is 17.4. The van der Waals surface area contributed by atoms with Gasteiger partial charge in [0, 0.05) is 30.0 Å². The molecule has 1 amide bonds. The Morgan fingerprint density at radius 2 is 1.72 bits per heavy atom. The quantitative estimate of drug-likeness (QED) is 0.312. The van der Waals surface area contributed by atoms with E-state index in [1.54, 1.807) is 0 Å². The van der Waals surface area contributed by atoms with Crippen molar-refractivity contribution in [2.24, 2.45) is 4.99 Å². The SMILES string of the molecule is CC(=O)Nc1ccc(-n2c3cc(=NC(C)C)c(Nc4ccc(C)nc4)cc-3nc3ccccc32)cc1. The first kappa shape index (κ1) is 23.2. The number of carbonyl (C=O) groups is 1. The van der Waals surface area contributed by atoms with E-state index in [-0.39, 0.29) is 11.9 Å². The fourth-order valence-electron chi connectivity index (χ4n) is 4.20. The molecule has 0 spiro atoms. The van der Waals surface area contributed by atoms with Gasteiger partial charge in [-0.05, 0) is 81.4 Å². The van der Waals surface area contributed by atoms with E-state index in [1.165, 1.54) is 6.92 Å². The molecule has 36 heavy (non-hydrogen) atoms. The van der Waals surface area contributed by atoms with Crippen LogP contribution in [0.3, 0.4) is 0 Å². The minimum Gasteiger partial charge on any atom is -0.352 e. The number of anilines is 3. The van der Waals surface area contributed by atoms with E-state index in [0.29, 0.717) is 0 Å². The number of nitrogens with one attached hydrogen (secondary N) is 2. The molecular weight excluding hydrogens is 448 g/mol. The summed E-state index contributed by atoms with van der Waals surface area (Å²) < 4.78 is 2.19. The van der Waals surface area contributed by atoms with E-state index in [9.17, 15) is 4.79 Å². The molecule has 0 bridgehead atoms. The van der Waals surface area contributed by atoms with Crippen LogP contribution in [0.2, 0.25) is 0 Å². The maximum atomic E-state index is 11.5. The molecule has 7 heteroatoms. The number of nitrogens with zero attached hydrogens (tertiary/aromatic N) is 4. The summed E-state index contributed by atoms with van der Waals surface area (Å²) in [6.07, 6.45) is 1.82. The highest BCUT2D eigenvalue weighted by atomic mass is 16.1. The summed E-state index contributed by atoms with van der Waals surface area (Å²) in [5.41, 5.74) is 8.08. The van der Waals surface area contributed by atoms with Gasteiger partial charge in [-0.25, -0.2) is 4.98 Å². The Labute approximate surface area is 209 Å². The van der Waals surface area contributed by atoms with Crippen molar-refractivity contribution in [2.75, 3.05) is 10.6 Å². The normalized spacial score (nSPS) is 11.9. The van der Waals surface area contributed by atoms with Gasteiger partial charge in [0.2, 0.25) is 5.91 Å². The average molecular weight is 477 g/mol. The number of rotatable bonds is 5. The molecule has 1 aromatic heterocycles. The van der Waals surface area contributed by atoms with Gasteiger partial charge in [0.1, 0.15) is 0 Å². The number of fused-ring (bicyclic) bond motifs is 2. The first-order valence-corrected chi connectivity index (χ1v) is 11.9. The molecule has 0 radical (unpaired) electrons. The van der Waals surface area contributed by atoms with Gasteiger partial charge in [-0.1, -0.05) is 12.1 Å². The molecule has 1 aliphatic carbocycles. The summed E-state index contributed by atoms with van der Waals surface area (Å²) in [5.74, 6) is -0.0982. The Hall–Kier alpha value is -4.52. The van der Waals surface area contributed by atoms with Gasteiger partial charge in [-0.15, -0.1) is 0 Å². The molecule has 0 unspecified atom stereocenters. The van der Waals surface area contributed by atoms with Crippen LogP contribution in [0.5, 0.6) is 0 Å². The number of carbonyl (C=O) groups excluding carboxylic acids is 1. The van der Waals surface area contributed by atoms with Crippen molar-refractivity contribution >= 4 is 34.0 Å². The van der Waals surface area contributed by atoms with Crippen molar-refractivity contribution in [2.45, 2.75) is 33.7 Å². The summed E-state index contributed by atoms with van der Waals surface area (Å²) in [6.45, 7) is 7.60. The second-order valence-electron chi connectivity index (χ2n) is 9.06. The predicted molar refractivity (Wildman–Crippen MR) is 145 cm³/mol. The number of benzene rings is 3. The topological polar surface area (TPSA) is 84.2 Å². The van der Waals surface area contributed by atoms with Crippen molar-refractivity contribution in [1.29, 1.82) is 0 Å².